The number of rotatable bonds is 8. The lowest BCUT2D eigenvalue weighted by Crippen LogP contribution is -2.34. The van der Waals surface area contributed by atoms with E-state index in [1.54, 1.807) is 18.3 Å². The highest BCUT2D eigenvalue weighted by Crippen LogP contribution is 2.06. The maximum atomic E-state index is 12.0. The van der Waals surface area contributed by atoms with Crippen molar-refractivity contribution in [3.05, 3.63) is 23.9 Å². The number of pyridine rings is 1. The van der Waals surface area contributed by atoms with Crippen LogP contribution in [-0.2, 0) is 4.79 Å². The van der Waals surface area contributed by atoms with Gasteiger partial charge in [0, 0.05) is 37.3 Å². The van der Waals surface area contributed by atoms with Gasteiger partial charge in [0.1, 0.15) is 5.82 Å². The topological polar surface area (TPSA) is 83.1 Å². The molecule has 6 nitrogen and oxygen atoms in total. The van der Waals surface area contributed by atoms with Crippen molar-refractivity contribution >= 4 is 17.6 Å². The smallest absolute Gasteiger partial charge is 0.251 e. The molecule has 6 heteroatoms. The van der Waals surface area contributed by atoms with E-state index >= 15 is 0 Å². The summed E-state index contributed by atoms with van der Waals surface area (Å²) in [4.78, 5) is 27.6. The number of nitrogens with zero attached hydrogens (tertiary/aromatic N) is 1. The van der Waals surface area contributed by atoms with Gasteiger partial charge in [-0.2, -0.15) is 0 Å². The van der Waals surface area contributed by atoms with Crippen LogP contribution in [0.4, 0.5) is 5.82 Å². The van der Waals surface area contributed by atoms with Gasteiger partial charge in [-0.05, 0) is 32.4 Å². The quantitative estimate of drug-likeness (QED) is 0.679. The van der Waals surface area contributed by atoms with Gasteiger partial charge in [-0.1, -0.05) is 6.92 Å². The molecule has 0 saturated carbocycles. The van der Waals surface area contributed by atoms with Crippen LogP contribution in [0.5, 0.6) is 0 Å². The van der Waals surface area contributed by atoms with E-state index < -0.39 is 0 Å². The molecule has 0 aliphatic rings. The number of nitrogens with one attached hydrogen (secondary N) is 3. The van der Waals surface area contributed by atoms with Gasteiger partial charge >= 0.3 is 0 Å². The van der Waals surface area contributed by atoms with Crippen LogP contribution in [0.15, 0.2) is 18.3 Å². The molecular formula is C15H24N4O2. The molecule has 3 N–H and O–H groups in total. The van der Waals surface area contributed by atoms with Gasteiger partial charge in [0.25, 0.3) is 5.91 Å². The molecule has 0 radical (unpaired) electrons. The van der Waals surface area contributed by atoms with E-state index in [1.165, 1.54) is 0 Å². The molecule has 2 amide bonds. The predicted molar refractivity (Wildman–Crippen MR) is 83.2 cm³/mol. The lowest BCUT2D eigenvalue weighted by Gasteiger charge is -2.09. The molecule has 0 aliphatic heterocycles. The lowest BCUT2D eigenvalue weighted by molar-refractivity contribution is -0.121. The largest absolute Gasteiger partial charge is 0.370 e. The number of carbonyl (C=O) groups is 2. The summed E-state index contributed by atoms with van der Waals surface area (Å²) in [5.41, 5.74) is 0.535. The lowest BCUT2D eigenvalue weighted by atomic mass is 10.2. The predicted octanol–water partition coefficient (Wildman–Crippen LogP) is 1.55. The molecule has 1 rings (SSSR count). The molecule has 0 saturated heterocycles. The highest BCUT2D eigenvalue weighted by Gasteiger charge is 2.08. The number of amides is 2. The Labute approximate surface area is 125 Å². The molecule has 0 bridgehead atoms. The molecule has 1 heterocycles. The Morgan fingerprint density at radius 2 is 2.05 bits per heavy atom. The van der Waals surface area contributed by atoms with E-state index in [0.717, 1.165) is 13.0 Å². The molecule has 21 heavy (non-hydrogen) atoms. The third-order valence-corrected chi connectivity index (χ3v) is 2.67. The van der Waals surface area contributed by atoms with Gasteiger partial charge in [-0.3, -0.25) is 9.59 Å². The highest BCUT2D eigenvalue weighted by atomic mass is 16.2. The van der Waals surface area contributed by atoms with Crippen LogP contribution in [-0.4, -0.2) is 35.9 Å². The van der Waals surface area contributed by atoms with Crippen molar-refractivity contribution < 1.29 is 9.59 Å². The first-order valence-corrected chi connectivity index (χ1v) is 7.30. The second-order valence-corrected chi connectivity index (χ2v) is 5.08. The van der Waals surface area contributed by atoms with Crippen molar-refractivity contribution in [1.82, 2.24) is 15.6 Å². The molecule has 0 unspecified atom stereocenters. The first kappa shape index (κ1) is 16.9. The van der Waals surface area contributed by atoms with E-state index in [1.807, 2.05) is 13.8 Å². The fourth-order valence-electron chi connectivity index (χ4n) is 1.71. The Balaban J connectivity index is 2.43. The van der Waals surface area contributed by atoms with Crippen molar-refractivity contribution in [2.75, 3.05) is 18.4 Å². The average molecular weight is 292 g/mol. The minimum absolute atomic E-state index is 0.0645. The van der Waals surface area contributed by atoms with E-state index in [0.29, 0.717) is 17.9 Å². The number of hydrogen-bond acceptors (Lipinski definition) is 4. The van der Waals surface area contributed by atoms with Crippen LogP contribution in [0, 0.1) is 0 Å². The summed E-state index contributed by atoms with van der Waals surface area (Å²) >= 11 is 0. The first-order valence-electron chi connectivity index (χ1n) is 7.30. The standard InChI is InChI=1S/C15H24N4O2/c1-4-7-16-13-10-12(5-8-17-13)15(21)18-9-6-14(20)19-11(2)3/h5,8,10-11H,4,6-7,9H2,1-3H3,(H,16,17)(H,18,21)(H,19,20). The highest BCUT2D eigenvalue weighted by molar-refractivity contribution is 5.95. The maximum Gasteiger partial charge on any atom is 0.251 e. The summed E-state index contributed by atoms with van der Waals surface area (Å²) in [5.74, 6) is 0.418. The summed E-state index contributed by atoms with van der Waals surface area (Å²) < 4.78 is 0. The second kappa shape index (κ2) is 8.94. The minimum Gasteiger partial charge on any atom is -0.370 e. The van der Waals surface area contributed by atoms with Crippen LogP contribution in [0.2, 0.25) is 0 Å². The average Bonchev–Trinajstić information content (AvgIpc) is 2.44. The van der Waals surface area contributed by atoms with Crippen LogP contribution < -0.4 is 16.0 Å². The molecule has 0 fully saturated rings. The van der Waals surface area contributed by atoms with E-state index in [9.17, 15) is 9.59 Å². The van der Waals surface area contributed by atoms with E-state index in [2.05, 4.69) is 27.9 Å². The Hall–Kier alpha value is -2.11. The number of aromatic nitrogens is 1. The Morgan fingerprint density at radius 1 is 1.29 bits per heavy atom. The molecular weight excluding hydrogens is 268 g/mol. The van der Waals surface area contributed by atoms with Gasteiger partial charge in [0.05, 0.1) is 0 Å². The number of carbonyl (C=O) groups excluding carboxylic acids is 2. The first-order chi connectivity index (χ1) is 10.0. The summed E-state index contributed by atoms with van der Waals surface area (Å²) in [7, 11) is 0. The van der Waals surface area contributed by atoms with Crippen molar-refractivity contribution in [2.45, 2.75) is 39.7 Å². The van der Waals surface area contributed by atoms with Gasteiger partial charge in [0.15, 0.2) is 0 Å². The molecule has 0 aliphatic carbocycles. The van der Waals surface area contributed by atoms with Crippen molar-refractivity contribution in [3.63, 3.8) is 0 Å². The number of hydrogen-bond donors (Lipinski definition) is 3. The minimum atomic E-state index is -0.200. The van der Waals surface area contributed by atoms with Crippen molar-refractivity contribution in [3.8, 4) is 0 Å². The van der Waals surface area contributed by atoms with Gasteiger partial charge in [0.2, 0.25) is 5.91 Å². The zero-order valence-electron chi connectivity index (χ0n) is 12.9. The van der Waals surface area contributed by atoms with Crippen molar-refractivity contribution in [2.24, 2.45) is 0 Å². The molecule has 0 spiro atoms. The maximum absolute atomic E-state index is 12.0. The normalized spacial score (nSPS) is 10.3. The Kier molecular flexibility index (Phi) is 7.21. The van der Waals surface area contributed by atoms with Gasteiger partial charge in [-0.15, -0.1) is 0 Å². The Morgan fingerprint density at radius 3 is 2.71 bits per heavy atom. The van der Waals surface area contributed by atoms with Gasteiger partial charge < -0.3 is 16.0 Å². The van der Waals surface area contributed by atoms with Crippen LogP contribution in [0.1, 0.15) is 44.0 Å². The summed E-state index contributed by atoms with van der Waals surface area (Å²) in [6, 6.07) is 3.47. The van der Waals surface area contributed by atoms with Crippen LogP contribution in [0.3, 0.4) is 0 Å². The fourth-order valence-corrected chi connectivity index (χ4v) is 1.71. The van der Waals surface area contributed by atoms with Crippen LogP contribution in [0.25, 0.3) is 0 Å². The van der Waals surface area contributed by atoms with E-state index in [4.69, 9.17) is 0 Å². The molecule has 0 aromatic carbocycles. The summed E-state index contributed by atoms with van der Waals surface area (Å²) in [6.45, 7) is 6.99. The van der Waals surface area contributed by atoms with E-state index in [-0.39, 0.29) is 24.3 Å². The molecule has 116 valence electrons. The third-order valence-electron chi connectivity index (χ3n) is 2.67. The van der Waals surface area contributed by atoms with Gasteiger partial charge in [-0.25, -0.2) is 4.98 Å². The SMILES string of the molecule is CCCNc1cc(C(=O)NCCC(=O)NC(C)C)ccn1. The van der Waals surface area contributed by atoms with Crippen LogP contribution >= 0.6 is 0 Å². The zero-order valence-corrected chi connectivity index (χ0v) is 12.9. The third kappa shape index (κ3) is 6.74. The monoisotopic (exact) mass is 292 g/mol. The molecule has 0 atom stereocenters. The summed E-state index contributed by atoms with van der Waals surface area (Å²) in [5, 5.41) is 8.64. The van der Waals surface area contributed by atoms with Crippen molar-refractivity contribution in [1.29, 1.82) is 0 Å². The Bertz CT molecular complexity index is 474. The summed E-state index contributed by atoms with van der Waals surface area (Å²) in [6.07, 6.45) is 2.86. The molecule has 1 aromatic heterocycles. The second-order valence-electron chi connectivity index (χ2n) is 5.08. The fraction of sp³-hybridized carbons (Fsp3) is 0.533. The number of anilines is 1. The molecule has 1 aromatic rings. The zero-order chi connectivity index (χ0) is 15.7.